The van der Waals surface area contributed by atoms with Gasteiger partial charge in [0.1, 0.15) is 28.9 Å². The third-order valence-corrected chi connectivity index (χ3v) is 6.10. The van der Waals surface area contributed by atoms with Gasteiger partial charge in [0.05, 0.1) is 11.4 Å². The van der Waals surface area contributed by atoms with Gasteiger partial charge in [0, 0.05) is 20.1 Å². The molecule has 2 aromatic heterocycles. The minimum Gasteiger partial charge on any atom is -0.482 e. The molecule has 2 aliphatic heterocycles. The predicted octanol–water partition coefficient (Wildman–Crippen LogP) is 1.57. The zero-order valence-corrected chi connectivity index (χ0v) is 20.2. The van der Waals surface area contributed by atoms with Crippen LogP contribution in [0.25, 0.3) is 11.0 Å². The molecule has 2 aliphatic rings. The molecule has 4 N–H and O–H groups in total. The number of carbonyl (C=O) groups excluding carboxylic acids is 3. The maximum Gasteiger partial charge on any atom is 0.272 e. The van der Waals surface area contributed by atoms with Gasteiger partial charge in [-0.15, -0.1) is 0 Å². The highest BCUT2D eigenvalue weighted by molar-refractivity contribution is 6.05. The number of aromatic nitrogens is 4. The lowest BCUT2D eigenvalue weighted by Gasteiger charge is -2.18. The number of hydrogen-bond acceptors (Lipinski definition) is 9. The van der Waals surface area contributed by atoms with Crippen LogP contribution in [0.5, 0.6) is 11.5 Å². The van der Waals surface area contributed by atoms with Gasteiger partial charge in [-0.1, -0.05) is 12.1 Å². The summed E-state index contributed by atoms with van der Waals surface area (Å²) in [5.74, 6) is 0.871. The second-order valence-electron chi connectivity index (χ2n) is 8.76. The first-order chi connectivity index (χ1) is 18.4. The van der Waals surface area contributed by atoms with Crippen molar-refractivity contribution in [3.8, 4) is 11.5 Å². The smallest absolute Gasteiger partial charge is 0.272 e. The number of benzene rings is 2. The molecule has 4 aromatic rings. The average Bonchev–Trinajstić information content (AvgIpc) is 3.25. The van der Waals surface area contributed by atoms with Crippen molar-refractivity contribution in [2.24, 2.45) is 7.05 Å². The van der Waals surface area contributed by atoms with E-state index < -0.39 is 5.91 Å². The number of rotatable bonds is 6. The first-order valence-corrected chi connectivity index (χ1v) is 11.8. The molecule has 13 heteroatoms. The van der Waals surface area contributed by atoms with Gasteiger partial charge in [-0.25, -0.2) is 9.97 Å². The maximum atomic E-state index is 13.1. The van der Waals surface area contributed by atoms with Crippen molar-refractivity contribution < 1.29 is 23.9 Å². The lowest BCUT2D eigenvalue weighted by atomic mass is 10.1. The summed E-state index contributed by atoms with van der Waals surface area (Å²) in [5.41, 5.74) is 4.01. The Morgan fingerprint density at radius 2 is 1.58 bits per heavy atom. The highest BCUT2D eigenvalue weighted by Gasteiger charge is 2.21. The van der Waals surface area contributed by atoms with Crippen LogP contribution in [-0.4, -0.2) is 50.7 Å². The van der Waals surface area contributed by atoms with Crippen LogP contribution in [0.2, 0.25) is 0 Å². The molecule has 3 amide bonds. The van der Waals surface area contributed by atoms with E-state index >= 15 is 0 Å². The standard InChI is InChI=1S/C25H22N8O5/c1-33-23-21(24(32-33)26-8-13-2-4-17-15(6-13)30-19(34)10-37-17)28-12-29-22(23)25(36)27-9-14-3-5-18-16(7-14)31-20(35)11-38-18/h2-7,12H,8-11H2,1H3,(H,26,32)(H,27,36)(H,30,34)(H,31,35). The minimum atomic E-state index is -0.393. The Kier molecular flexibility index (Phi) is 5.71. The van der Waals surface area contributed by atoms with E-state index in [9.17, 15) is 14.4 Å². The highest BCUT2D eigenvalue weighted by atomic mass is 16.5. The van der Waals surface area contributed by atoms with Gasteiger partial charge >= 0.3 is 0 Å². The molecule has 13 nitrogen and oxygen atoms in total. The lowest BCUT2D eigenvalue weighted by Crippen LogP contribution is -2.26. The SMILES string of the molecule is Cn1nc(NCc2ccc3c(c2)NC(=O)CO3)c2ncnc(C(=O)NCc3ccc4c(c3)NC(=O)CO4)c21. The quantitative estimate of drug-likeness (QED) is 0.299. The van der Waals surface area contributed by atoms with Crippen LogP contribution in [0.3, 0.4) is 0 Å². The van der Waals surface area contributed by atoms with Gasteiger partial charge in [0.2, 0.25) is 0 Å². The second kappa shape index (κ2) is 9.35. The number of amides is 3. The van der Waals surface area contributed by atoms with Crippen LogP contribution in [0, 0.1) is 0 Å². The number of fused-ring (bicyclic) bond motifs is 3. The maximum absolute atomic E-state index is 13.1. The Morgan fingerprint density at radius 3 is 2.24 bits per heavy atom. The molecule has 0 radical (unpaired) electrons. The molecule has 192 valence electrons. The molecule has 0 saturated heterocycles. The number of ether oxygens (including phenoxy) is 2. The van der Waals surface area contributed by atoms with E-state index in [2.05, 4.69) is 36.3 Å². The molecule has 0 spiro atoms. The lowest BCUT2D eigenvalue weighted by molar-refractivity contribution is -0.119. The fourth-order valence-corrected chi connectivity index (χ4v) is 4.32. The Balaban J connectivity index is 1.17. The van der Waals surface area contributed by atoms with E-state index in [0.29, 0.717) is 46.3 Å². The number of aryl methyl sites for hydroxylation is 1. The first kappa shape index (κ1) is 23.2. The van der Waals surface area contributed by atoms with Crippen LogP contribution >= 0.6 is 0 Å². The Labute approximate surface area is 215 Å². The fraction of sp³-hybridized carbons (Fsp3) is 0.200. The molecule has 2 aromatic carbocycles. The Morgan fingerprint density at radius 1 is 0.947 bits per heavy atom. The largest absolute Gasteiger partial charge is 0.482 e. The van der Waals surface area contributed by atoms with Gasteiger partial charge in [-0.2, -0.15) is 5.10 Å². The van der Waals surface area contributed by atoms with Crippen molar-refractivity contribution in [3.63, 3.8) is 0 Å². The molecule has 0 atom stereocenters. The molecule has 0 unspecified atom stereocenters. The van der Waals surface area contributed by atoms with E-state index in [1.165, 1.54) is 6.33 Å². The van der Waals surface area contributed by atoms with Crippen molar-refractivity contribution in [3.05, 3.63) is 59.5 Å². The number of nitrogens with one attached hydrogen (secondary N) is 4. The van der Waals surface area contributed by atoms with E-state index in [-0.39, 0.29) is 37.3 Å². The summed E-state index contributed by atoms with van der Waals surface area (Å²) in [6, 6.07) is 10.8. The Hall–Kier alpha value is -5.20. The monoisotopic (exact) mass is 514 g/mol. The predicted molar refractivity (Wildman–Crippen MR) is 136 cm³/mol. The van der Waals surface area contributed by atoms with Crippen molar-refractivity contribution in [1.29, 1.82) is 0 Å². The average molecular weight is 515 g/mol. The third kappa shape index (κ3) is 4.40. The summed E-state index contributed by atoms with van der Waals surface area (Å²) in [6.45, 7) is 0.601. The summed E-state index contributed by atoms with van der Waals surface area (Å²) >= 11 is 0. The van der Waals surface area contributed by atoms with Crippen LogP contribution in [-0.2, 0) is 29.7 Å². The van der Waals surface area contributed by atoms with Gasteiger partial charge in [0.15, 0.2) is 24.7 Å². The summed E-state index contributed by atoms with van der Waals surface area (Å²) in [7, 11) is 1.71. The van der Waals surface area contributed by atoms with Gasteiger partial charge in [0.25, 0.3) is 17.7 Å². The normalized spacial score (nSPS) is 13.9. The van der Waals surface area contributed by atoms with Gasteiger partial charge in [-0.3, -0.25) is 19.1 Å². The Bertz CT molecular complexity index is 1620. The minimum absolute atomic E-state index is 0.000625. The third-order valence-electron chi connectivity index (χ3n) is 6.10. The molecular formula is C25H22N8O5. The summed E-state index contributed by atoms with van der Waals surface area (Å²) in [4.78, 5) is 44.8. The molecule has 4 heterocycles. The molecule has 0 aliphatic carbocycles. The zero-order valence-electron chi connectivity index (χ0n) is 20.2. The van der Waals surface area contributed by atoms with Crippen molar-refractivity contribution >= 4 is 45.9 Å². The van der Waals surface area contributed by atoms with Crippen molar-refractivity contribution in [1.82, 2.24) is 25.1 Å². The molecule has 0 fully saturated rings. The van der Waals surface area contributed by atoms with E-state index in [0.717, 1.165) is 11.1 Å². The van der Waals surface area contributed by atoms with Crippen LogP contribution < -0.4 is 30.7 Å². The van der Waals surface area contributed by atoms with Crippen LogP contribution in [0.1, 0.15) is 21.6 Å². The highest BCUT2D eigenvalue weighted by Crippen LogP contribution is 2.30. The number of anilines is 3. The summed E-state index contributed by atoms with van der Waals surface area (Å²) in [6.07, 6.45) is 1.32. The molecule has 6 rings (SSSR count). The molecule has 0 bridgehead atoms. The number of hydrogen-bond donors (Lipinski definition) is 4. The van der Waals surface area contributed by atoms with Crippen molar-refractivity contribution in [2.75, 3.05) is 29.2 Å². The van der Waals surface area contributed by atoms with Gasteiger partial charge in [-0.05, 0) is 35.4 Å². The van der Waals surface area contributed by atoms with E-state index in [1.807, 2.05) is 18.2 Å². The second-order valence-corrected chi connectivity index (χ2v) is 8.76. The first-order valence-electron chi connectivity index (χ1n) is 11.8. The van der Waals surface area contributed by atoms with Gasteiger partial charge < -0.3 is 30.7 Å². The van der Waals surface area contributed by atoms with E-state index in [1.54, 1.807) is 29.9 Å². The molecule has 0 saturated carbocycles. The zero-order chi connectivity index (χ0) is 26.2. The molecule has 38 heavy (non-hydrogen) atoms. The summed E-state index contributed by atoms with van der Waals surface area (Å²) in [5, 5.41) is 16.1. The number of carbonyl (C=O) groups is 3. The summed E-state index contributed by atoms with van der Waals surface area (Å²) < 4.78 is 12.3. The van der Waals surface area contributed by atoms with Crippen molar-refractivity contribution in [2.45, 2.75) is 13.1 Å². The topological polar surface area (TPSA) is 161 Å². The van der Waals surface area contributed by atoms with E-state index in [4.69, 9.17) is 9.47 Å². The number of nitrogens with zero attached hydrogens (tertiary/aromatic N) is 4. The fourth-order valence-electron chi connectivity index (χ4n) is 4.32. The van der Waals surface area contributed by atoms with Crippen LogP contribution in [0.15, 0.2) is 42.7 Å². The molecular weight excluding hydrogens is 492 g/mol. The van der Waals surface area contributed by atoms with Crippen LogP contribution in [0.4, 0.5) is 17.2 Å².